The highest BCUT2D eigenvalue weighted by molar-refractivity contribution is 7.93. The molecule has 9 nitrogen and oxygen atoms in total. The van der Waals surface area contributed by atoms with E-state index in [0.29, 0.717) is 10.7 Å². The second kappa shape index (κ2) is 12.4. The molecule has 0 aliphatic heterocycles. The number of nitrogens with one attached hydrogen (secondary N) is 2. The fourth-order valence-corrected chi connectivity index (χ4v) is 6.36. The molecule has 0 aliphatic rings. The molecule has 12 heteroatoms. The molecule has 0 aromatic heterocycles. The summed E-state index contributed by atoms with van der Waals surface area (Å²) in [5, 5.41) is 3.00. The van der Waals surface area contributed by atoms with E-state index in [4.69, 9.17) is 16.3 Å². The lowest BCUT2D eigenvalue weighted by Gasteiger charge is -2.26. The van der Waals surface area contributed by atoms with Crippen molar-refractivity contribution in [2.24, 2.45) is 0 Å². The van der Waals surface area contributed by atoms with Gasteiger partial charge in [0.15, 0.2) is 0 Å². The van der Waals surface area contributed by atoms with Crippen molar-refractivity contribution < 1.29 is 26.4 Å². The maximum atomic E-state index is 13.7. The van der Waals surface area contributed by atoms with Crippen molar-refractivity contribution in [3.63, 3.8) is 0 Å². The number of halogens is 1. The first-order valence-corrected chi connectivity index (χ1v) is 15.4. The van der Waals surface area contributed by atoms with Crippen molar-refractivity contribution in [1.29, 1.82) is 0 Å². The third kappa shape index (κ3) is 6.92. The number of rotatable bonds is 11. The van der Waals surface area contributed by atoms with Gasteiger partial charge in [-0.15, -0.1) is 0 Å². The van der Waals surface area contributed by atoms with Crippen LogP contribution in [0.15, 0.2) is 113 Å². The maximum absolute atomic E-state index is 13.7. The first-order valence-electron chi connectivity index (χ1n) is 12.1. The molecule has 0 fully saturated rings. The number of hydrogen-bond donors (Lipinski definition) is 2. The van der Waals surface area contributed by atoms with E-state index in [1.807, 2.05) is 0 Å². The number of amides is 1. The molecule has 0 heterocycles. The molecular weight excluding hydrogens is 574 g/mol. The van der Waals surface area contributed by atoms with Crippen molar-refractivity contribution in [2.75, 3.05) is 27.5 Å². The van der Waals surface area contributed by atoms with Gasteiger partial charge in [-0.05, 0) is 79.7 Å². The average molecular weight is 600 g/mol. The molecule has 0 unspecified atom stereocenters. The van der Waals surface area contributed by atoms with Crippen molar-refractivity contribution in [3.8, 4) is 5.75 Å². The smallest absolute Gasteiger partial charge is 0.264 e. The van der Waals surface area contributed by atoms with Crippen LogP contribution < -0.4 is 19.1 Å². The van der Waals surface area contributed by atoms with E-state index in [-0.39, 0.29) is 33.5 Å². The predicted molar refractivity (Wildman–Crippen MR) is 156 cm³/mol. The van der Waals surface area contributed by atoms with Crippen LogP contribution in [0.4, 0.5) is 17.1 Å². The summed E-state index contributed by atoms with van der Waals surface area (Å²) >= 11 is 5.94. The van der Waals surface area contributed by atoms with Crippen molar-refractivity contribution >= 4 is 54.6 Å². The van der Waals surface area contributed by atoms with Crippen LogP contribution in [0.5, 0.6) is 5.75 Å². The highest BCUT2D eigenvalue weighted by Gasteiger charge is 2.29. The molecule has 0 saturated heterocycles. The van der Waals surface area contributed by atoms with Gasteiger partial charge in [-0.2, -0.15) is 0 Å². The van der Waals surface area contributed by atoms with Crippen LogP contribution in [0.3, 0.4) is 0 Å². The number of benzene rings is 4. The summed E-state index contributed by atoms with van der Waals surface area (Å²) in [6.07, 6.45) is 0. The lowest BCUT2D eigenvalue weighted by molar-refractivity contribution is -0.114. The molecule has 0 spiro atoms. The molecule has 0 saturated carbocycles. The normalized spacial score (nSPS) is 11.4. The summed E-state index contributed by atoms with van der Waals surface area (Å²) in [7, 11) is -8.06. The van der Waals surface area contributed by atoms with E-state index in [9.17, 15) is 21.6 Å². The Bertz CT molecular complexity index is 1680. The zero-order chi connectivity index (χ0) is 28.8. The SMILES string of the molecule is CCOc1ccccc1N(CC(=O)Nc1ccc(S(=O)(=O)Nc2ccccc2)cc1)S(=O)(=O)c1ccc(Cl)cc1. The van der Waals surface area contributed by atoms with E-state index in [2.05, 4.69) is 10.0 Å². The molecular formula is C28H26ClN3O6S2. The van der Waals surface area contributed by atoms with Crippen molar-refractivity contribution in [2.45, 2.75) is 16.7 Å². The highest BCUT2D eigenvalue weighted by atomic mass is 35.5. The summed E-state index contributed by atoms with van der Waals surface area (Å²) < 4.78 is 61.8. The Balaban J connectivity index is 1.57. The first-order chi connectivity index (χ1) is 19.1. The lowest BCUT2D eigenvalue weighted by atomic mass is 10.3. The molecule has 208 valence electrons. The van der Waals surface area contributed by atoms with Crippen LogP contribution in [0.25, 0.3) is 0 Å². The van der Waals surface area contributed by atoms with Gasteiger partial charge in [-0.3, -0.25) is 13.8 Å². The van der Waals surface area contributed by atoms with Crippen LogP contribution >= 0.6 is 11.6 Å². The third-order valence-corrected chi connectivity index (χ3v) is 9.02. The number of hydrogen-bond acceptors (Lipinski definition) is 6. The molecule has 0 atom stereocenters. The Labute approximate surface area is 238 Å². The summed E-state index contributed by atoms with van der Waals surface area (Å²) in [5.74, 6) is -0.363. The summed E-state index contributed by atoms with van der Waals surface area (Å²) in [6, 6.07) is 26.1. The van der Waals surface area contributed by atoms with Crippen molar-refractivity contribution in [3.05, 3.63) is 108 Å². The Kier molecular flexibility index (Phi) is 8.98. The van der Waals surface area contributed by atoms with E-state index in [1.165, 1.54) is 48.5 Å². The number of para-hydroxylation sites is 3. The zero-order valence-electron chi connectivity index (χ0n) is 21.3. The monoisotopic (exact) mass is 599 g/mol. The molecule has 4 aromatic carbocycles. The van der Waals surface area contributed by atoms with Gasteiger partial charge in [0.2, 0.25) is 5.91 Å². The van der Waals surface area contributed by atoms with Crippen molar-refractivity contribution in [1.82, 2.24) is 0 Å². The van der Waals surface area contributed by atoms with Crippen LogP contribution in [0.1, 0.15) is 6.92 Å². The highest BCUT2D eigenvalue weighted by Crippen LogP contribution is 2.33. The largest absolute Gasteiger partial charge is 0.492 e. The van der Waals surface area contributed by atoms with Crippen LogP contribution in [0.2, 0.25) is 5.02 Å². The number of ether oxygens (including phenoxy) is 1. The van der Waals surface area contributed by atoms with Crippen LogP contribution in [0, 0.1) is 0 Å². The number of anilines is 3. The summed E-state index contributed by atoms with van der Waals surface area (Å²) in [4.78, 5) is 13.0. The molecule has 2 N–H and O–H groups in total. The quantitative estimate of drug-likeness (QED) is 0.239. The molecule has 4 rings (SSSR count). The molecule has 0 bridgehead atoms. The Morgan fingerprint density at radius 1 is 0.775 bits per heavy atom. The van der Waals surface area contributed by atoms with Gasteiger partial charge >= 0.3 is 0 Å². The van der Waals surface area contributed by atoms with E-state index < -0.39 is 32.5 Å². The minimum atomic E-state index is -4.21. The van der Waals surface area contributed by atoms with E-state index in [1.54, 1.807) is 61.5 Å². The molecule has 40 heavy (non-hydrogen) atoms. The second-order valence-corrected chi connectivity index (χ2v) is 12.4. The Hall–Kier alpha value is -4.06. The number of nitrogens with zero attached hydrogens (tertiary/aromatic N) is 1. The third-order valence-electron chi connectivity index (χ3n) is 5.60. The van der Waals surface area contributed by atoms with Crippen LogP contribution in [-0.2, 0) is 24.8 Å². The van der Waals surface area contributed by atoms with Gasteiger partial charge in [0, 0.05) is 16.4 Å². The predicted octanol–water partition coefficient (Wildman–Crippen LogP) is 5.37. The summed E-state index contributed by atoms with van der Waals surface area (Å²) in [6.45, 7) is 1.47. The van der Waals surface area contributed by atoms with Crippen LogP contribution in [-0.4, -0.2) is 35.9 Å². The van der Waals surface area contributed by atoms with Gasteiger partial charge < -0.3 is 10.1 Å². The zero-order valence-corrected chi connectivity index (χ0v) is 23.7. The Morgan fingerprint density at radius 2 is 1.38 bits per heavy atom. The second-order valence-electron chi connectivity index (χ2n) is 8.41. The number of carbonyl (C=O) groups excluding carboxylic acids is 1. The van der Waals surface area contributed by atoms with Gasteiger partial charge in [0.1, 0.15) is 12.3 Å². The lowest BCUT2D eigenvalue weighted by Crippen LogP contribution is -2.38. The molecule has 4 aromatic rings. The number of sulfonamides is 2. The minimum Gasteiger partial charge on any atom is -0.492 e. The first kappa shape index (κ1) is 28.9. The van der Waals surface area contributed by atoms with Gasteiger partial charge in [0.05, 0.1) is 22.1 Å². The summed E-state index contributed by atoms with van der Waals surface area (Å²) in [5.41, 5.74) is 0.877. The maximum Gasteiger partial charge on any atom is 0.264 e. The molecule has 1 amide bonds. The van der Waals surface area contributed by atoms with Gasteiger partial charge in [-0.25, -0.2) is 16.8 Å². The fourth-order valence-electron chi connectivity index (χ4n) is 3.74. The minimum absolute atomic E-state index is 0.00747. The average Bonchev–Trinajstić information content (AvgIpc) is 2.93. The molecule has 0 aliphatic carbocycles. The topological polar surface area (TPSA) is 122 Å². The Morgan fingerprint density at radius 3 is 2.02 bits per heavy atom. The van der Waals surface area contributed by atoms with E-state index >= 15 is 0 Å². The molecule has 0 radical (unpaired) electrons. The standard InChI is InChI=1S/C28H26ClN3O6S2/c1-2-38-27-11-7-6-10-26(27)32(40(36,37)25-16-12-21(29)13-17-25)20-28(33)30-22-14-18-24(19-15-22)39(34,35)31-23-8-4-3-5-9-23/h3-19,31H,2,20H2,1H3,(H,30,33). The van der Waals surface area contributed by atoms with E-state index in [0.717, 1.165) is 4.31 Å². The number of carbonyl (C=O) groups is 1. The van der Waals surface area contributed by atoms with Gasteiger partial charge in [-0.1, -0.05) is 41.9 Å². The van der Waals surface area contributed by atoms with Gasteiger partial charge in [0.25, 0.3) is 20.0 Å². The fraction of sp³-hybridized carbons (Fsp3) is 0.107.